The van der Waals surface area contributed by atoms with E-state index in [0.29, 0.717) is 24.2 Å². The van der Waals surface area contributed by atoms with E-state index in [1.54, 1.807) is 0 Å². The zero-order valence-electron chi connectivity index (χ0n) is 17.3. The van der Waals surface area contributed by atoms with Crippen LogP contribution in [0.15, 0.2) is 18.3 Å². The predicted molar refractivity (Wildman–Crippen MR) is 110 cm³/mol. The summed E-state index contributed by atoms with van der Waals surface area (Å²) < 4.78 is 8.13. The summed E-state index contributed by atoms with van der Waals surface area (Å²) in [5, 5.41) is 0. The average molecular weight is 384 g/mol. The summed E-state index contributed by atoms with van der Waals surface area (Å²) in [6.45, 7) is 5.05. The Morgan fingerprint density at radius 3 is 2.89 bits per heavy atom. The quantitative estimate of drug-likeness (QED) is 0.600. The van der Waals surface area contributed by atoms with Crippen molar-refractivity contribution in [3.8, 4) is 0 Å². The molecule has 1 aliphatic carbocycles. The first kappa shape index (κ1) is 19.6. The molecule has 152 valence electrons. The maximum absolute atomic E-state index is 12.4. The molecule has 1 saturated heterocycles. The molecule has 2 aliphatic rings. The maximum Gasteiger partial charge on any atom is 0.160 e. The lowest BCUT2D eigenvalue weighted by Gasteiger charge is -2.35. The fourth-order valence-electron chi connectivity index (χ4n) is 4.74. The fraction of sp³-hybridized carbons (Fsp3) is 0.696. The lowest BCUT2D eigenvalue weighted by Crippen LogP contribution is -2.34. The number of pyridine rings is 1. The van der Waals surface area contributed by atoms with E-state index < -0.39 is 0 Å². The first-order valence-electron chi connectivity index (χ1n) is 11.0. The number of fused-ring (bicyclic) bond motifs is 1. The number of unbranched alkanes of at least 4 members (excludes halogenated alkanes) is 1. The minimum atomic E-state index is -0.0716. The van der Waals surface area contributed by atoms with Gasteiger partial charge >= 0.3 is 0 Å². The summed E-state index contributed by atoms with van der Waals surface area (Å²) in [5.41, 5.74) is 1.96. The summed E-state index contributed by atoms with van der Waals surface area (Å²) in [7, 11) is 0. The number of aryl methyl sites for hydroxylation is 1. The number of Topliss-reactive ketones (excluding diaryl/α,β-unsaturated/α-hetero) is 1. The molecule has 1 saturated carbocycles. The molecule has 0 N–H and O–H groups in total. The van der Waals surface area contributed by atoms with E-state index in [0.717, 1.165) is 62.1 Å². The standard InChI is InChI=1S/C23H33N3O2/c1-23(2)16-17(12-14-28-23)15-19(27)9-3-4-11-21-25-20-10-6-13-24-22(20)26(21)18-7-5-8-18/h6,10,13,17-18H,3-5,7-9,11-12,14-16H2,1-2H3. The summed E-state index contributed by atoms with van der Waals surface area (Å²) in [5.74, 6) is 2.05. The highest BCUT2D eigenvalue weighted by Gasteiger charge is 2.30. The first-order valence-corrected chi connectivity index (χ1v) is 11.0. The molecule has 3 heterocycles. The molecule has 28 heavy (non-hydrogen) atoms. The lowest BCUT2D eigenvalue weighted by molar-refractivity contribution is -0.123. The zero-order chi connectivity index (χ0) is 19.6. The van der Waals surface area contributed by atoms with Crippen molar-refractivity contribution in [2.45, 2.75) is 89.7 Å². The Morgan fingerprint density at radius 1 is 1.29 bits per heavy atom. The van der Waals surface area contributed by atoms with E-state index in [1.807, 2.05) is 12.3 Å². The SMILES string of the molecule is CC1(C)CC(CC(=O)CCCCc2nc3cccnc3n2C2CCC2)CCO1. The fourth-order valence-corrected chi connectivity index (χ4v) is 4.74. The number of imidazole rings is 1. The van der Waals surface area contributed by atoms with Gasteiger partial charge in [0, 0.05) is 38.1 Å². The van der Waals surface area contributed by atoms with E-state index in [1.165, 1.54) is 19.3 Å². The number of nitrogens with zero attached hydrogens (tertiary/aromatic N) is 3. The molecule has 0 amide bonds. The summed E-state index contributed by atoms with van der Waals surface area (Å²) in [4.78, 5) is 21.9. The highest BCUT2D eigenvalue weighted by atomic mass is 16.5. The second kappa shape index (κ2) is 8.32. The lowest BCUT2D eigenvalue weighted by atomic mass is 9.84. The summed E-state index contributed by atoms with van der Waals surface area (Å²) in [6, 6.07) is 4.58. The van der Waals surface area contributed by atoms with Crippen molar-refractivity contribution >= 4 is 16.9 Å². The molecule has 2 aromatic rings. The number of ketones is 1. The normalized spacial score (nSPS) is 22.3. The van der Waals surface area contributed by atoms with Crippen molar-refractivity contribution in [3.05, 3.63) is 24.2 Å². The van der Waals surface area contributed by atoms with Crippen LogP contribution in [0.2, 0.25) is 0 Å². The van der Waals surface area contributed by atoms with Gasteiger partial charge in [-0.1, -0.05) is 0 Å². The number of carbonyl (C=O) groups is 1. The van der Waals surface area contributed by atoms with Crippen LogP contribution in [-0.2, 0) is 16.0 Å². The molecular formula is C23H33N3O2. The van der Waals surface area contributed by atoms with Crippen LogP contribution in [0.5, 0.6) is 0 Å². The van der Waals surface area contributed by atoms with Crippen molar-refractivity contribution < 1.29 is 9.53 Å². The van der Waals surface area contributed by atoms with Crippen molar-refractivity contribution in [2.75, 3.05) is 6.61 Å². The molecule has 0 aromatic carbocycles. The number of carbonyl (C=O) groups excluding carboxylic acids is 1. The monoisotopic (exact) mass is 383 g/mol. The second-order valence-electron chi connectivity index (χ2n) is 9.25. The molecule has 2 fully saturated rings. The second-order valence-corrected chi connectivity index (χ2v) is 9.25. The van der Waals surface area contributed by atoms with Crippen LogP contribution >= 0.6 is 0 Å². The number of hydrogen-bond donors (Lipinski definition) is 0. The smallest absolute Gasteiger partial charge is 0.160 e. The third kappa shape index (κ3) is 4.45. The van der Waals surface area contributed by atoms with Crippen molar-refractivity contribution in [1.29, 1.82) is 0 Å². The minimum absolute atomic E-state index is 0.0716. The Kier molecular flexibility index (Phi) is 5.81. The molecule has 5 nitrogen and oxygen atoms in total. The highest BCUT2D eigenvalue weighted by molar-refractivity contribution is 5.78. The Morgan fingerprint density at radius 2 is 2.14 bits per heavy atom. The Labute approximate surface area is 167 Å². The van der Waals surface area contributed by atoms with Crippen LogP contribution in [0, 0.1) is 5.92 Å². The van der Waals surface area contributed by atoms with Gasteiger partial charge in [0.05, 0.1) is 5.60 Å². The van der Waals surface area contributed by atoms with E-state index in [-0.39, 0.29) is 5.60 Å². The van der Waals surface area contributed by atoms with Crippen LogP contribution in [-0.4, -0.2) is 32.5 Å². The van der Waals surface area contributed by atoms with Crippen LogP contribution in [0.25, 0.3) is 11.2 Å². The molecule has 1 aliphatic heterocycles. The van der Waals surface area contributed by atoms with Gasteiger partial charge in [0.1, 0.15) is 17.1 Å². The van der Waals surface area contributed by atoms with Gasteiger partial charge in [0.25, 0.3) is 0 Å². The van der Waals surface area contributed by atoms with E-state index in [2.05, 4.69) is 29.5 Å². The molecule has 4 rings (SSSR count). The van der Waals surface area contributed by atoms with Gasteiger partial charge in [0.15, 0.2) is 5.65 Å². The molecule has 2 aromatic heterocycles. The number of hydrogen-bond acceptors (Lipinski definition) is 4. The van der Waals surface area contributed by atoms with Crippen LogP contribution in [0.1, 0.15) is 83.5 Å². The largest absolute Gasteiger partial charge is 0.376 e. The number of rotatable bonds is 8. The molecule has 1 unspecified atom stereocenters. The average Bonchev–Trinajstić information content (AvgIpc) is 2.95. The van der Waals surface area contributed by atoms with Crippen LogP contribution in [0.4, 0.5) is 0 Å². The van der Waals surface area contributed by atoms with Gasteiger partial charge in [-0.25, -0.2) is 9.97 Å². The van der Waals surface area contributed by atoms with Crippen LogP contribution < -0.4 is 0 Å². The molecule has 5 heteroatoms. The number of aromatic nitrogens is 3. The van der Waals surface area contributed by atoms with Crippen molar-refractivity contribution in [2.24, 2.45) is 5.92 Å². The van der Waals surface area contributed by atoms with Gasteiger partial charge in [-0.2, -0.15) is 0 Å². The third-order valence-corrected chi connectivity index (χ3v) is 6.38. The van der Waals surface area contributed by atoms with Crippen molar-refractivity contribution in [1.82, 2.24) is 14.5 Å². The Bertz CT molecular complexity index is 822. The minimum Gasteiger partial charge on any atom is -0.376 e. The molecule has 0 radical (unpaired) electrons. The zero-order valence-corrected chi connectivity index (χ0v) is 17.3. The first-order chi connectivity index (χ1) is 13.5. The summed E-state index contributed by atoms with van der Waals surface area (Å²) >= 11 is 0. The molecule has 0 bridgehead atoms. The van der Waals surface area contributed by atoms with E-state index in [4.69, 9.17) is 9.72 Å². The van der Waals surface area contributed by atoms with Gasteiger partial charge < -0.3 is 9.30 Å². The topological polar surface area (TPSA) is 57.0 Å². The van der Waals surface area contributed by atoms with Gasteiger partial charge in [-0.3, -0.25) is 4.79 Å². The molecule has 0 spiro atoms. The van der Waals surface area contributed by atoms with Gasteiger partial charge in [0.2, 0.25) is 0 Å². The van der Waals surface area contributed by atoms with E-state index in [9.17, 15) is 4.79 Å². The van der Waals surface area contributed by atoms with Gasteiger partial charge in [-0.15, -0.1) is 0 Å². The Balaban J connectivity index is 1.28. The summed E-state index contributed by atoms with van der Waals surface area (Å²) in [6.07, 6.45) is 12.0. The third-order valence-electron chi connectivity index (χ3n) is 6.38. The van der Waals surface area contributed by atoms with Crippen LogP contribution in [0.3, 0.4) is 0 Å². The maximum atomic E-state index is 12.4. The van der Waals surface area contributed by atoms with E-state index >= 15 is 0 Å². The Hall–Kier alpha value is -1.75. The number of ether oxygens (including phenoxy) is 1. The molecular weight excluding hydrogens is 350 g/mol. The predicted octanol–water partition coefficient (Wildman–Crippen LogP) is 5.03. The highest BCUT2D eigenvalue weighted by Crippen LogP contribution is 2.35. The molecule has 1 atom stereocenters. The van der Waals surface area contributed by atoms with Gasteiger partial charge in [-0.05, 0) is 76.8 Å². The van der Waals surface area contributed by atoms with Crippen molar-refractivity contribution in [3.63, 3.8) is 0 Å².